The second-order valence-electron chi connectivity index (χ2n) is 6.17. The third kappa shape index (κ3) is 4.03. The van der Waals surface area contributed by atoms with E-state index in [2.05, 4.69) is 43.4 Å². The topological polar surface area (TPSA) is 41.5 Å². The summed E-state index contributed by atoms with van der Waals surface area (Å²) < 4.78 is 5.18. The van der Waals surface area contributed by atoms with Gasteiger partial charge in [0.25, 0.3) is 0 Å². The molecule has 0 spiro atoms. The molecule has 3 heteroatoms. The summed E-state index contributed by atoms with van der Waals surface area (Å²) in [5.74, 6) is 0.701. The van der Waals surface area contributed by atoms with Gasteiger partial charge in [-0.05, 0) is 23.5 Å². The highest BCUT2D eigenvalue weighted by Crippen LogP contribution is 2.25. The lowest BCUT2D eigenvalue weighted by atomic mass is 9.87. The zero-order chi connectivity index (χ0) is 13.7. The summed E-state index contributed by atoms with van der Waals surface area (Å²) in [6.07, 6.45) is 1.14. The van der Waals surface area contributed by atoms with E-state index in [0.717, 1.165) is 19.5 Å². The van der Waals surface area contributed by atoms with Crippen molar-refractivity contribution in [2.24, 2.45) is 11.3 Å². The van der Waals surface area contributed by atoms with Crippen LogP contribution in [0.1, 0.15) is 25.0 Å². The van der Waals surface area contributed by atoms with Crippen LogP contribution in [0.25, 0.3) is 0 Å². The Morgan fingerprint density at radius 2 is 1.84 bits per heavy atom. The first-order valence-corrected chi connectivity index (χ1v) is 7.11. The fourth-order valence-corrected chi connectivity index (χ4v) is 2.38. The van der Waals surface area contributed by atoms with E-state index in [1.165, 1.54) is 11.1 Å². The molecule has 1 aliphatic rings. The number of aliphatic hydroxyl groups is 1. The van der Waals surface area contributed by atoms with Gasteiger partial charge in [-0.1, -0.05) is 38.1 Å². The van der Waals surface area contributed by atoms with Crippen LogP contribution in [0.4, 0.5) is 0 Å². The van der Waals surface area contributed by atoms with Crippen molar-refractivity contribution in [3.8, 4) is 0 Å². The minimum Gasteiger partial charge on any atom is -0.396 e. The highest BCUT2D eigenvalue weighted by atomic mass is 16.5. The molecule has 0 unspecified atom stereocenters. The summed E-state index contributed by atoms with van der Waals surface area (Å²) >= 11 is 0. The summed E-state index contributed by atoms with van der Waals surface area (Å²) in [5.41, 5.74) is 2.65. The Bertz CT molecular complexity index is 377. The lowest BCUT2D eigenvalue weighted by Gasteiger charge is -2.40. The van der Waals surface area contributed by atoms with Gasteiger partial charge in [-0.15, -0.1) is 0 Å². The van der Waals surface area contributed by atoms with Crippen molar-refractivity contribution in [1.29, 1.82) is 0 Å². The van der Waals surface area contributed by atoms with Crippen molar-refractivity contribution in [3.05, 3.63) is 35.4 Å². The smallest absolute Gasteiger partial charge is 0.0579 e. The van der Waals surface area contributed by atoms with Crippen LogP contribution in [0.2, 0.25) is 0 Å². The maximum absolute atomic E-state index is 9.33. The number of hydrogen-bond donors (Lipinski definition) is 2. The van der Waals surface area contributed by atoms with Crippen molar-refractivity contribution in [1.82, 2.24) is 5.32 Å². The van der Waals surface area contributed by atoms with E-state index in [9.17, 15) is 5.11 Å². The fourth-order valence-electron chi connectivity index (χ4n) is 2.38. The molecule has 0 bridgehead atoms. The van der Waals surface area contributed by atoms with Crippen molar-refractivity contribution < 1.29 is 9.84 Å². The van der Waals surface area contributed by atoms with Crippen LogP contribution in [-0.4, -0.2) is 31.5 Å². The van der Waals surface area contributed by atoms with Crippen LogP contribution >= 0.6 is 0 Å². The van der Waals surface area contributed by atoms with Crippen LogP contribution in [0.5, 0.6) is 0 Å². The van der Waals surface area contributed by atoms with E-state index in [4.69, 9.17) is 4.74 Å². The summed E-state index contributed by atoms with van der Waals surface area (Å²) in [6.45, 7) is 7.69. The van der Waals surface area contributed by atoms with Gasteiger partial charge in [0, 0.05) is 13.1 Å². The van der Waals surface area contributed by atoms with E-state index in [0.29, 0.717) is 19.1 Å². The Hall–Kier alpha value is -0.900. The number of benzene rings is 1. The van der Waals surface area contributed by atoms with E-state index in [1.54, 1.807) is 0 Å². The molecule has 1 aliphatic heterocycles. The SMILES string of the molecule is CC(C)Cc1ccc(CNCC2(CO)COC2)cc1. The summed E-state index contributed by atoms with van der Waals surface area (Å²) in [7, 11) is 0. The second-order valence-corrected chi connectivity index (χ2v) is 6.17. The van der Waals surface area contributed by atoms with Crippen LogP contribution < -0.4 is 5.32 Å². The van der Waals surface area contributed by atoms with Crippen LogP contribution in [0.15, 0.2) is 24.3 Å². The van der Waals surface area contributed by atoms with Crippen molar-refractivity contribution in [2.75, 3.05) is 26.4 Å². The van der Waals surface area contributed by atoms with Crippen LogP contribution in [-0.2, 0) is 17.7 Å². The molecule has 19 heavy (non-hydrogen) atoms. The van der Waals surface area contributed by atoms with E-state index in [1.807, 2.05) is 0 Å². The molecule has 0 saturated carbocycles. The molecule has 0 radical (unpaired) electrons. The molecule has 3 nitrogen and oxygen atoms in total. The first-order valence-electron chi connectivity index (χ1n) is 7.11. The van der Waals surface area contributed by atoms with Gasteiger partial charge < -0.3 is 15.2 Å². The molecule has 0 aliphatic carbocycles. The lowest BCUT2D eigenvalue weighted by molar-refractivity contribution is -0.134. The summed E-state index contributed by atoms with van der Waals surface area (Å²) in [4.78, 5) is 0. The third-order valence-electron chi connectivity index (χ3n) is 3.65. The zero-order valence-electron chi connectivity index (χ0n) is 12.0. The van der Waals surface area contributed by atoms with Crippen LogP contribution in [0.3, 0.4) is 0 Å². The molecule has 1 aromatic carbocycles. The van der Waals surface area contributed by atoms with Gasteiger partial charge >= 0.3 is 0 Å². The molecule has 0 amide bonds. The van der Waals surface area contributed by atoms with E-state index < -0.39 is 0 Å². The first-order chi connectivity index (χ1) is 9.13. The summed E-state index contributed by atoms with van der Waals surface area (Å²) in [5, 5.41) is 12.7. The predicted octanol–water partition coefficient (Wildman–Crippen LogP) is 1.98. The number of aliphatic hydroxyl groups excluding tert-OH is 1. The van der Waals surface area contributed by atoms with Crippen LogP contribution in [0, 0.1) is 11.3 Å². The maximum Gasteiger partial charge on any atom is 0.0579 e. The molecule has 0 atom stereocenters. The first kappa shape index (κ1) is 14.5. The third-order valence-corrected chi connectivity index (χ3v) is 3.65. The zero-order valence-corrected chi connectivity index (χ0v) is 12.0. The van der Waals surface area contributed by atoms with Gasteiger partial charge in [-0.25, -0.2) is 0 Å². The van der Waals surface area contributed by atoms with Gasteiger partial charge in [0.2, 0.25) is 0 Å². The number of nitrogens with one attached hydrogen (secondary N) is 1. The van der Waals surface area contributed by atoms with Crippen molar-refractivity contribution >= 4 is 0 Å². The highest BCUT2D eigenvalue weighted by molar-refractivity contribution is 5.22. The average Bonchev–Trinajstić information content (AvgIpc) is 2.34. The van der Waals surface area contributed by atoms with Crippen molar-refractivity contribution in [2.45, 2.75) is 26.8 Å². The Labute approximate surface area is 116 Å². The molecule has 2 N–H and O–H groups in total. The van der Waals surface area contributed by atoms with Crippen molar-refractivity contribution in [3.63, 3.8) is 0 Å². The summed E-state index contributed by atoms with van der Waals surface area (Å²) in [6, 6.07) is 8.80. The second kappa shape index (κ2) is 6.51. The number of hydrogen-bond acceptors (Lipinski definition) is 3. The number of ether oxygens (including phenoxy) is 1. The number of rotatable bonds is 7. The standard InChI is InChI=1S/C16H25NO2/c1-13(2)7-14-3-5-15(6-4-14)8-17-9-16(10-18)11-19-12-16/h3-6,13,17-18H,7-12H2,1-2H3. The largest absolute Gasteiger partial charge is 0.396 e. The highest BCUT2D eigenvalue weighted by Gasteiger charge is 2.37. The minimum absolute atomic E-state index is 0.0441. The van der Waals surface area contributed by atoms with Gasteiger partial charge in [-0.2, -0.15) is 0 Å². The van der Waals surface area contributed by atoms with E-state index >= 15 is 0 Å². The van der Waals surface area contributed by atoms with E-state index in [-0.39, 0.29) is 12.0 Å². The molecule has 1 aromatic rings. The Balaban J connectivity index is 1.76. The average molecular weight is 263 g/mol. The molecular formula is C16H25NO2. The lowest BCUT2D eigenvalue weighted by Crippen LogP contribution is -2.52. The Morgan fingerprint density at radius 3 is 2.32 bits per heavy atom. The van der Waals surface area contributed by atoms with Gasteiger partial charge in [0.1, 0.15) is 0 Å². The Kier molecular flexibility index (Phi) is 4.97. The monoisotopic (exact) mass is 263 g/mol. The minimum atomic E-state index is -0.0441. The molecule has 1 heterocycles. The molecule has 1 saturated heterocycles. The molecule has 0 aromatic heterocycles. The van der Waals surface area contributed by atoms with Gasteiger partial charge in [0.05, 0.1) is 25.2 Å². The predicted molar refractivity (Wildman–Crippen MR) is 77.0 cm³/mol. The van der Waals surface area contributed by atoms with Gasteiger partial charge in [0.15, 0.2) is 0 Å². The quantitative estimate of drug-likeness (QED) is 0.790. The normalized spacial score (nSPS) is 17.5. The molecule has 106 valence electrons. The molecule has 1 fully saturated rings. The fraction of sp³-hybridized carbons (Fsp3) is 0.625. The maximum atomic E-state index is 9.33. The molecular weight excluding hydrogens is 238 g/mol. The molecule has 2 rings (SSSR count). The Morgan fingerprint density at radius 1 is 1.21 bits per heavy atom. The van der Waals surface area contributed by atoms with Gasteiger partial charge in [-0.3, -0.25) is 0 Å².